The van der Waals surface area contributed by atoms with Crippen LogP contribution in [0.1, 0.15) is 30.9 Å². The predicted octanol–water partition coefficient (Wildman–Crippen LogP) is 6.23. The van der Waals surface area contributed by atoms with Crippen molar-refractivity contribution in [3.05, 3.63) is 96.8 Å². The van der Waals surface area contributed by atoms with Crippen molar-refractivity contribution < 1.29 is 4.74 Å². The molecule has 0 saturated carbocycles. The van der Waals surface area contributed by atoms with Gasteiger partial charge in [-0.3, -0.25) is 4.98 Å². The second-order valence-corrected chi connectivity index (χ2v) is 7.18. The van der Waals surface area contributed by atoms with Gasteiger partial charge in [0, 0.05) is 35.1 Å². The summed E-state index contributed by atoms with van der Waals surface area (Å²) in [6, 6.07) is 19.1. The number of benzene rings is 2. The number of ether oxygens (including phenoxy) is 1. The van der Waals surface area contributed by atoms with E-state index in [2.05, 4.69) is 66.3 Å². The van der Waals surface area contributed by atoms with E-state index in [0.717, 1.165) is 53.1 Å². The molecule has 0 aliphatic carbocycles. The number of pyridine rings is 1. The highest BCUT2D eigenvalue weighted by molar-refractivity contribution is 5.89. The van der Waals surface area contributed by atoms with Gasteiger partial charge in [0.25, 0.3) is 0 Å². The van der Waals surface area contributed by atoms with Gasteiger partial charge in [-0.05, 0) is 54.8 Å². The number of hydrogen-bond acceptors (Lipinski definition) is 3. The second kappa shape index (κ2) is 8.89. The van der Waals surface area contributed by atoms with Crippen LogP contribution in [0.4, 0.5) is 0 Å². The number of aromatic nitrogens is 1. The minimum atomic E-state index is 0.387. The first kappa shape index (κ1) is 19.2. The minimum Gasteiger partial charge on any atom is -0.456 e. The van der Waals surface area contributed by atoms with Gasteiger partial charge in [0.1, 0.15) is 11.5 Å². The summed E-state index contributed by atoms with van der Waals surface area (Å²) in [5.41, 5.74) is 5.69. The lowest BCUT2D eigenvalue weighted by atomic mass is 9.90. The molecule has 29 heavy (non-hydrogen) atoms. The van der Waals surface area contributed by atoms with Crippen LogP contribution in [-0.2, 0) is 0 Å². The highest BCUT2D eigenvalue weighted by Crippen LogP contribution is 2.45. The fraction of sp³-hybridized carbons (Fsp3) is 0.192. The van der Waals surface area contributed by atoms with Crippen LogP contribution >= 0.6 is 0 Å². The SMILES string of the molecule is C=CCC(C/C=C1/c2ccccc2Oc2cc(-c3cccnc3)ccc21)NCC. The van der Waals surface area contributed by atoms with Crippen molar-refractivity contribution in [1.29, 1.82) is 0 Å². The van der Waals surface area contributed by atoms with E-state index < -0.39 is 0 Å². The Balaban J connectivity index is 1.74. The van der Waals surface area contributed by atoms with Gasteiger partial charge in [-0.2, -0.15) is 0 Å². The Bertz CT molecular complexity index is 1020. The van der Waals surface area contributed by atoms with Gasteiger partial charge in [0.2, 0.25) is 0 Å². The van der Waals surface area contributed by atoms with Crippen LogP contribution in [0, 0.1) is 0 Å². The molecule has 3 heteroatoms. The summed E-state index contributed by atoms with van der Waals surface area (Å²) < 4.78 is 6.28. The molecular formula is C26H26N2O. The normalized spacial score (nSPS) is 14.6. The number of hydrogen-bond donors (Lipinski definition) is 1. The summed E-state index contributed by atoms with van der Waals surface area (Å²) in [6.07, 6.45) is 9.87. The van der Waals surface area contributed by atoms with Crippen LogP contribution in [0.15, 0.2) is 85.7 Å². The molecule has 0 saturated heterocycles. The average Bonchev–Trinajstić information content (AvgIpc) is 2.77. The quantitative estimate of drug-likeness (QED) is 0.385. The highest BCUT2D eigenvalue weighted by Gasteiger charge is 2.22. The molecule has 3 nitrogen and oxygen atoms in total. The lowest BCUT2D eigenvalue weighted by Crippen LogP contribution is -2.27. The Hall–Kier alpha value is -3.17. The van der Waals surface area contributed by atoms with E-state index >= 15 is 0 Å². The van der Waals surface area contributed by atoms with Crippen LogP contribution in [0.3, 0.4) is 0 Å². The third-order valence-electron chi connectivity index (χ3n) is 5.21. The molecule has 1 aromatic heterocycles. The van der Waals surface area contributed by atoms with Crippen LogP contribution < -0.4 is 10.1 Å². The molecule has 146 valence electrons. The van der Waals surface area contributed by atoms with Crippen LogP contribution in [-0.4, -0.2) is 17.6 Å². The zero-order valence-corrected chi connectivity index (χ0v) is 16.8. The van der Waals surface area contributed by atoms with Gasteiger partial charge in [-0.15, -0.1) is 6.58 Å². The van der Waals surface area contributed by atoms with Gasteiger partial charge in [-0.1, -0.05) is 49.4 Å². The van der Waals surface area contributed by atoms with E-state index in [1.165, 1.54) is 5.57 Å². The largest absolute Gasteiger partial charge is 0.456 e. The Morgan fingerprint density at radius 1 is 1.00 bits per heavy atom. The maximum absolute atomic E-state index is 6.28. The van der Waals surface area contributed by atoms with Gasteiger partial charge in [0.05, 0.1) is 0 Å². The lowest BCUT2D eigenvalue weighted by molar-refractivity contribution is 0.474. The summed E-state index contributed by atoms with van der Waals surface area (Å²) in [6.45, 7) is 6.99. The van der Waals surface area contributed by atoms with Gasteiger partial charge in [-0.25, -0.2) is 0 Å². The molecule has 0 radical (unpaired) electrons. The highest BCUT2D eigenvalue weighted by atomic mass is 16.5. The Labute approximate surface area is 172 Å². The molecule has 1 N–H and O–H groups in total. The number of fused-ring (bicyclic) bond motifs is 2. The van der Waals surface area contributed by atoms with Crippen molar-refractivity contribution >= 4 is 5.57 Å². The van der Waals surface area contributed by atoms with E-state index in [1.54, 1.807) is 6.20 Å². The molecule has 0 fully saturated rings. The molecule has 1 aliphatic rings. The molecule has 0 spiro atoms. The van der Waals surface area contributed by atoms with Crippen molar-refractivity contribution in [3.63, 3.8) is 0 Å². The van der Waals surface area contributed by atoms with Crippen LogP contribution in [0.2, 0.25) is 0 Å². The molecule has 1 aliphatic heterocycles. The van der Waals surface area contributed by atoms with Crippen molar-refractivity contribution in [3.8, 4) is 22.6 Å². The van der Waals surface area contributed by atoms with E-state index in [-0.39, 0.29) is 0 Å². The zero-order valence-electron chi connectivity index (χ0n) is 16.8. The summed E-state index contributed by atoms with van der Waals surface area (Å²) in [4.78, 5) is 4.24. The third-order valence-corrected chi connectivity index (χ3v) is 5.21. The van der Waals surface area contributed by atoms with Crippen molar-refractivity contribution in [2.24, 2.45) is 0 Å². The summed E-state index contributed by atoms with van der Waals surface area (Å²) >= 11 is 0. The maximum Gasteiger partial charge on any atom is 0.135 e. The van der Waals surface area contributed by atoms with Gasteiger partial charge in [0.15, 0.2) is 0 Å². The second-order valence-electron chi connectivity index (χ2n) is 7.18. The molecular weight excluding hydrogens is 356 g/mol. The van der Waals surface area contributed by atoms with E-state index in [4.69, 9.17) is 4.74 Å². The summed E-state index contributed by atoms with van der Waals surface area (Å²) in [5, 5.41) is 3.55. The van der Waals surface area contributed by atoms with Crippen LogP contribution in [0.25, 0.3) is 16.7 Å². The molecule has 4 rings (SSSR count). The van der Waals surface area contributed by atoms with Gasteiger partial charge >= 0.3 is 0 Å². The molecule has 1 unspecified atom stereocenters. The van der Waals surface area contributed by atoms with Crippen molar-refractivity contribution in [1.82, 2.24) is 10.3 Å². The molecule has 3 aromatic rings. The Kier molecular flexibility index (Phi) is 5.87. The number of para-hydroxylation sites is 1. The molecule has 2 heterocycles. The van der Waals surface area contributed by atoms with Crippen molar-refractivity contribution in [2.45, 2.75) is 25.8 Å². The zero-order chi connectivity index (χ0) is 20.1. The monoisotopic (exact) mass is 382 g/mol. The number of rotatable bonds is 7. The fourth-order valence-corrected chi connectivity index (χ4v) is 3.82. The smallest absolute Gasteiger partial charge is 0.135 e. The van der Waals surface area contributed by atoms with Gasteiger partial charge < -0.3 is 10.1 Å². The summed E-state index contributed by atoms with van der Waals surface area (Å²) in [5.74, 6) is 1.79. The lowest BCUT2D eigenvalue weighted by Gasteiger charge is -2.24. The van der Waals surface area contributed by atoms with E-state index in [0.29, 0.717) is 6.04 Å². The van der Waals surface area contributed by atoms with E-state index in [1.807, 2.05) is 30.5 Å². The number of nitrogens with zero attached hydrogens (tertiary/aromatic N) is 1. The van der Waals surface area contributed by atoms with E-state index in [9.17, 15) is 0 Å². The van der Waals surface area contributed by atoms with Crippen molar-refractivity contribution in [2.75, 3.05) is 6.54 Å². The fourth-order valence-electron chi connectivity index (χ4n) is 3.82. The molecule has 1 atom stereocenters. The standard InChI is InChI=1S/C26H26N2O/c1-3-8-21(28-4-2)13-15-22-23-10-5-6-11-25(23)29-26-17-19(12-14-24(22)26)20-9-7-16-27-18-20/h3,5-7,9-12,14-18,21,28H,1,4,8,13H2,2H3/b22-15-. The third kappa shape index (κ3) is 4.15. The average molecular weight is 383 g/mol. The minimum absolute atomic E-state index is 0.387. The number of nitrogens with one attached hydrogen (secondary N) is 1. The predicted molar refractivity (Wildman–Crippen MR) is 120 cm³/mol. The topological polar surface area (TPSA) is 34.1 Å². The first-order valence-corrected chi connectivity index (χ1v) is 10.2. The Morgan fingerprint density at radius 2 is 1.86 bits per heavy atom. The Morgan fingerprint density at radius 3 is 2.66 bits per heavy atom. The molecule has 0 bridgehead atoms. The first-order chi connectivity index (χ1) is 14.3. The van der Waals surface area contributed by atoms with Crippen LogP contribution in [0.5, 0.6) is 11.5 Å². The molecule has 2 aromatic carbocycles. The maximum atomic E-state index is 6.28. The first-order valence-electron chi connectivity index (χ1n) is 10.2. The summed E-state index contributed by atoms with van der Waals surface area (Å²) in [7, 11) is 0. The molecule has 0 amide bonds.